The van der Waals surface area contributed by atoms with Gasteiger partial charge < -0.3 is 5.32 Å². The Bertz CT molecular complexity index is 583. The quantitative estimate of drug-likeness (QED) is 0.669. The van der Waals surface area contributed by atoms with Crippen LogP contribution in [0.5, 0.6) is 0 Å². The molecule has 0 bridgehead atoms. The van der Waals surface area contributed by atoms with Crippen molar-refractivity contribution < 1.29 is 0 Å². The fourth-order valence-electron chi connectivity index (χ4n) is 2.55. The van der Waals surface area contributed by atoms with Gasteiger partial charge in [0.25, 0.3) is 0 Å². The first-order valence-corrected chi connectivity index (χ1v) is 8.42. The molecule has 1 N–H and O–H groups in total. The zero-order valence-corrected chi connectivity index (χ0v) is 14.9. The van der Waals surface area contributed by atoms with Gasteiger partial charge in [-0.1, -0.05) is 77.8 Å². The molecule has 1 nitrogen and oxygen atoms in total. The Hall–Kier alpha value is -0.830. The molecule has 0 radical (unpaired) electrons. The summed E-state index contributed by atoms with van der Waals surface area (Å²) in [5.74, 6) is 0.504. The lowest BCUT2D eigenvalue weighted by Crippen LogP contribution is -2.28. The van der Waals surface area contributed by atoms with Gasteiger partial charge in [0.2, 0.25) is 0 Å². The molecule has 0 aliphatic rings. The van der Waals surface area contributed by atoms with Crippen molar-refractivity contribution in [2.75, 3.05) is 0 Å². The molecule has 2 rings (SSSR count). The number of hydrogen-bond donors (Lipinski definition) is 1. The summed E-state index contributed by atoms with van der Waals surface area (Å²) in [4.78, 5) is 0. The van der Waals surface area contributed by atoms with Crippen molar-refractivity contribution in [2.24, 2.45) is 5.92 Å². The minimum Gasteiger partial charge on any atom is -0.303 e. The zero-order chi connectivity index (χ0) is 15.4. The van der Waals surface area contributed by atoms with Crippen LogP contribution in [0.4, 0.5) is 0 Å². The van der Waals surface area contributed by atoms with E-state index in [2.05, 4.69) is 78.4 Å². The maximum Gasteiger partial charge on any atom is 0.0464 e. The molecule has 0 saturated heterocycles. The van der Waals surface area contributed by atoms with E-state index in [-0.39, 0.29) is 6.04 Å². The summed E-state index contributed by atoms with van der Waals surface area (Å²) in [5, 5.41) is 4.50. The lowest BCUT2D eigenvalue weighted by Gasteiger charge is -2.27. The minimum atomic E-state index is 0.193. The van der Waals surface area contributed by atoms with Crippen LogP contribution < -0.4 is 5.32 Å². The van der Waals surface area contributed by atoms with Crippen LogP contribution in [-0.2, 0) is 0 Å². The third kappa shape index (κ3) is 4.32. The highest BCUT2D eigenvalue weighted by atomic mass is 79.9. The maximum absolute atomic E-state index is 6.36. The molecule has 0 amide bonds. The van der Waals surface area contributed by atoms with E-state index in [1.807, 2.05) is 12.1 Å². The van der Waals surface area contributed by atoms with Gasteiger partial charge in [-0.05, 0) is 36.1 Å². The van der Waals surface area contributed by atoms with E-state index >= 15 is 0 Å². The van der Waals surface area contributed by atoms with Gasteiger partial charge in [0.1, 0.15) is 0 Å². The molecule has 0 fully saturated rings. The van der Waals surface area contributed by atoms with E-state index in [0.717, 1.165) is 15.1 Å². The van der Waals surface area contributed by atoms with Gasteiger partial charge in [0.15, 0.2) is 0 Å². The molecule has 112 valence electrons. The maximum atomic E-state index is 6.36. The molecule has 0 aliphatic heterocycles. The van der Waals surface area contributed by atoms with Gasteiger partial charge in [0.05, 0.1) is 0 Å². The van der Waals surface area contributed by atoms with Crippen LogP contribution in [0.2, 0.25) is 5.02 Å². The molecule has 2 aromatic rings. The summed E-state index contributed by atoms with van der Waals surface area (Å²) in [6, 6.07) is 17.1. The van der Waals surface area contributed by atoms with Crippen LogP contribution in [0, 0.1) is 5.92 Å². The van der Waals surface area contributed by atoms with Crippen LogP contribution in [-0.4, -0.2) is 0 Å². The summed E-state index contributed by atoms with van der Waals surface area (Å²) in [6.45, 7) is 6.63. The highest BCUT2D eigenvalue weighted by Gasteiger charge is 2.19. The third-order valence-corrected chi connectivity index (χ3v) is 4.50. The van der Waals surface area contributed by atoms with Crippen LogP contribution >= 0.6 is 27.5 Å². The van der Waals surface area contributed by atoms with E-state index in [4.69, 9.17) is 11.6 Å². The summed E-state index contributed by atoms with van der Waals surface area (Å²) in [5.41, 5.74) is 2.44. The molecular formula is C18H21BrClN. The third-order valence-electron chi connectivity index (χ3n) is 3.68. The number of rotatable bonds is 5. The van der Waals surface area contributed by atoms with Crippen LogP contribution in [0.25, 0.3) is 0 Å². The van der Waals surface area contributed by atoms with E-state index in [0.29, 0.717) is 12.0 Å². The molecule has 3 heteroatoms. The van der Waals surface area contributed by atoms with Crippen LogP contribution in [0.1, 0.15) is 44.0 Å². The van der Waals surface area contributed by atoms with Gasteiger partial charge in [-0.15, -0.1) is 0 Å². The highest BCUT2D eigenvalue weighted by molar-refractivity contribution is 9.10. The summed E-state index contributed by atoms with van der Waals surface area (Å²) in [6.07, 6.45) is 0. The van der Waals surface area contributed by atoms with Gasteiger partial charge in [0, 0.05) is 21.6 Å². The van der Waals surface area contributed by atoms with Crippen LogP contribution in [0.15, 0.2) is 53.0 Å². The first kappa shape index (κ1) is 16.5. The Labute approximate surface area is 140 Å². The zero-order valence-electron chi connectivity index (χ0n) is 12.6. The second-order valence-electron chi connectivity index (χ2n) is 5.69. The lowest BCUT2D eigenvalue weighted by molar-refractivity contribution is 0.374. The predicted molar refractivity (Wildman–Crippen MR) is 94.7 cm³/mol. The first-order valence-electron chi connectivity index (χ1n) is 7.25. The van der Waals surface area contributed by atoms with E-state index in [9.17, 15) is 0 Å². The number of benzene rings is 2. The van der Waals surface area contributed by atoms with E-state index < -0.39 is 0 Å². The fourth-order valence-corrected chi connectivity index (χ4v) is 3.38. The molecule has 0 spiro atoms. The van der Waals surface area contributed by atoms with Crippen molar-refractivity contribution >= 4 is 27.5 Å². The van der Waals surface area contributed by atoms with Crippen molar-refractivity contribution in [3.63, 3.8) is 0 Å². The number of halogens is 2. The van der Waals surface area contributed by atoms with Crippen molar-refractivity contribution in [3.05, 3.63) is 69.2 Å². The molecule has 0 aromatic heterocycles. The first-order chi connectivity index (χ1) is 9.99. The molecule has 0 heterocycles. The van der Waals surface area contributed by atoms with Crippen molar-refractivity contribution in [2.45, 2.75) is 32.9 Å². The second-order valence-corrected chi connectivity index (χ2v) is 7.01. The number of nitrogens with one attached hydrogen (secondary N) is 1. The summed E-state index contributed by atoms with van der Waals surface area (Å²) >= 11 is 9.81. The van der Waals surface area contributed by atoms with Crippen molar-refractivity contribution in [3.8, 4) is 0 Å². The van der Waals surface area contributed by atoms with Gasteiger partial charge in [-0.3, -0.25) is 0 Å². The average molecular weight is 367 g/mol. The fraction of sp³-hybridized carbons (Fsp3) is 0.333. The normalized spacial score (nSPS) is 14.2. The lowest BCUT2D eigenvalue weighted by atomic mass is 9.94. The summed E-state index contributed by atoms with van der Waals surface area (Å²) in [7, 11) is 0. The summed E-state index contributed by atoms with van der Waals surface area (Å²) < 4.78 is 1.01. The topological polar surface area (TPSA) is 12.0 Å². The Morgan fingerprint density at radius 2 is 1.67 bits per heavy atom. The monoisotopic (exact) mass is 365 g/mol. The largest absolute Gasteiger partial charge is 0.303 e. The molecule has 2 aromatic carbocycles. The Morgan fingerprint density at radius 1 is 1.00 bits per heavy atom. The van der Waals surface area contributed by atoms with E-state index in [1.165, 1.54) is 5.56 Å². The molecular weight excluding hydrogens is 346 g/mol. The molecule has 2 unspecified atom stereocenters. The molecule has 21 heavy (non-hydrogen) atoms. The second kappa shape index (κ2) is 7.44. The van der Waals surface area contributed by atoms with Crippen molar-refractivity contribution in [1.82, 2.24) is 5.32 Å². The Kier molecular flexibility index (Phi) is 5.86. The Morgan fingerprint density at radius 3 is 2.24 bits per heavy atom. The van der Waals surface area contributed by atoms with Gasteiger partial charge >= 0.3 is 0 Å². The standard InChI is InChI=1S/C18H21BrClN/c1-12(2)18(14-7-5-4-6-8-14)21-13(3)16-10-9-15(19)11-17(16)20/h4-13,18,21H,1-3H3. The highest BCUT2D eigenvalue weighted by Crippen LogP contribution is 2.30. The predicted octanol–water partition coefficient (Wildman–Crippen LogP) is 6.15. The average Bonchev–Trinajstić information content (AvgIpc) is 2.45. The van der Waals surface area contributed by atoms with E-state index in [1.54, 1.807) is 0 Å². The van der Waals surface area contributed by atoms with Crippen molar-refractivity contribution in [1.29, 1.82) is 0 Å². The Balaban J connectivity index is 2.21. The van der Waals surface area contributed by atoms with Gasteiger partial charge in [-0.2, -0.15) is 0 Å². The number of hydrogen-bond acceptors (Lipinski definition) is 1. The minimum absolute atomic E-state index is 0.193. The van der Waals surface area contributed by atoms with Gasteiger partial charge in [-0.25, -0.2) is 0 Å². The van der Waals surface area contributed by atoms with Crippen LogP contribution in [0.3, 0.4) is 0 Å². The molecule has 0 aliphatic carbocycles. The smallest absolute Gasteiger partial charge is 0.0464 e. The molecule has 2 atom stereocenters. The SMILES string of the molecule is CC(NC(c1ccccc1)C(C)C)c1ccc(Br)cc1Cl. The molecule has 0 saturated carbocycles.